The Labute approximate surface area is 176 Å². The highest BCUT2D eigenvalue weighted by atomic mass is 16.5. The molecule has 0 aliphatic rings. The molecule has 0 saturated heterocycles. The second kappa shape index (κ2) is 9.23. The summed E-state index contributed by atoms with van der Waals surface area (Å²) >= 11 is 0. The van der Waals surface area contributed by atoms with E-state index in [0.29, 0.717) is 6.42 Å². The fourth-order valence-corrected chi connectivity index (χ4v) is 3.66. The van der Waals surface area contributed by atoms with Gasteiger partial charge >= 0.3 is 0 Å². The van der Waals surface area contributed by atoms with Crippen LogP contribution in [0, 0.1) is 0 Å². The molecule has 4 heteroatoms. The number of hydrogen-bond acceptors (Lipinski definition) is 3. The van der Waals surface area contributed by atoms with Crippen LogP contribution >= 0.6 is 0 Å². The Morgan fingerprint density at radius 3 is 2.20 bits per heavy atom. The number of nitrogens with one attached hydrogen (secondary N) is 1. The Morgan fingerprint density at radius 1 is 0.933 bits per heavy atom. The molecule has 0 aromatic heterocycles. The molecular formula is C26H24N2O2. The largest absolute Gasteiger partial charge is 0.497 e. The number of carbonyl (C=O) groups is 1. The van der Waals surface area contributed by atoms with E-state index in [1.807, 2.05) is 48.5 Å². The molecule has 4 aromatic rings. The highest BCUT2D eigenvalue weighted by Gasteiger charge is 2.06. The third-order valence-corrected chi connectivity index (χ3v) is 5.22. The molecule has 0 aliphatic carbocycles. The molecule has 0 radical (unpaired) electrons. The third-order valence-electron chi connectivity index (χ3n) is 5.22. The number of benzene rings is 4. The molecule has 150 valence electrons. The summed E-state index contributed by atoms with van der Waals surface area (Å²) in [7, 11) is 1.65. The molecular weight excluding hydrogens is 372 g/mol. The van der Waals surface area contributed by atoms with Crippen LogP contribution in [0.5, 0.6) is 5.75 Å². The zero-order valence-corrected chi connectivity index (χ0v) is 17.0. The van der Waals surface area contributed by atoms with E-state index in [9.17, 15) is 4.79 Å². The second-order valence-electron chi connectivity index (χ2n) is 7.23. The van der Waals surface area contributed by atoms with E-state index >= 15 is 0 Å². The van der Waals surface area contributed by atoms with Gasteiger partial charge in [0, 0.05) is 12.0 Å². The molecule has 0 unspecified atom stereocenters. The monoisotopic (exact) mass is 396 g/mol. The number of amides is 1. The Bertz CT molecular complexity index is 1140. The number of carbonyl (C=O) groups excluding carboxylic acids is 1. The van der Waals surface area contributed by atoms with E-state index in [0.717, 1.165) is 45.7 Å². The van der Waals surface area contributed by atoms with Crippen LogP contribution in [0.2, 0.25) is 0 Å². The van der Waals surface area contributed by atoms with Crippen molar-refractivity contribution < 1.29 is 9.53 Å². The van der Waals surface area contributed by atoms with Crippen molar-refractivity contribution in [1.82, 2.24) is 5.43 Å². The number of methoxy groups -OCH3 is 1. The Balaban J connectivity index is 1.41. The van der Waals surface area contributed by atoms with Crippen LogP contribution in [0.25, 0.3) is 21.5 Å². The van der Waals surface area contributed by atoms with Gasteiger partial charge in [-0.3, -0.25) is 4.79 Å². The Hall–Kier alpha value is -3.66. The quantitative estimate of drug-likeness (QED) is 0.256. The molecule has 0 spiro atoms. The van der Waals surface area contributed by atoms with Gasteiger partial charge in [-0.1, -0.05) is 60.7 Å². The smallest absolute Gasteiger partial charge is 0.240 e. The van der Waals surface area contributed by atoms with Crippen molar-refractivity contribution in [1.29, 1.82) is 0 Å². The summed E-state index contributed by atoms with van der Waals surface area (Å²) in [5.74, 6) is 0.760. The summed E-state index contributed by atoms with van der Waals surface area (Å²) in [5.41, 5.74) is 4.88. The lowest BCUT2D eigenvalue weighted by Gasteiger charge is -2.08. The second-order valence-corrected chi connectivity index (χ2v) is 7.23. The van der Waals surface area contributed by atoms with Crippen molar-refractivity contribution in [2.75, 3.05) is 7.11 Å². The van der Waals surface area contributed by atoms with Crippen LogP contribution < -0.4 is 10.2 Å². The average molecular weight is 396 g/mol. The molecule has 4 rings (SSSR count). The molecule has 1 amide bonds. The molecule has 0 fully saturated rings. The van der Waals surface area contributed by atoms with Gasteiger partial charge in [0.05, 0.1) is 13.3 Å². The topological polar surface area (TPSA) is 50.7 Å². The van der Waals surface area contributed by atoms with E-state index in [4.69, 9.17) is 4.74 Å². The maximum Gasteiger partial charge on any atom is 0.240 e. The molecule has 0 aliphatic heterocycles. The zero-order chi connectivity index (χ0) is 20.8. The summed E-state index contributed by atoms with van der Waals surface area (Å²) in [5, 5.41) is 8.80. The number of fused-ring (bicyclic) bond motifs is 2. The average Bonchev–Trinajstić information content (AvgIpc) is 2.79. The number of nitrogens with zero attached hydrogens (tertiary/aromatic N) is 1. The summed E-state index contributed by atoms with van der Waals surface area (Å²) in [6, 6.07) is 26.6. The highest BCUT2D eigenvalue weighted by Crippen LogP contribution is 2.27. The summed E-state index contributed by atoms with van der Waals surface area (Å²) < 4.78 is 5.17. The SMILES string of the molecule is COc1ccc(CCCC(=O)NN=Cc2c3ccccc3cc3ccccc23)cc1. The number of ether oxygens (including phenoxy) is 1. The van der Waals surface area contributed by atoms with E-state index in [-0.39, 0.29) is 5.91 Å². The highest BCUT2D eigenvalue weighted by molar-refractivity contribution is 6.13. The summed E-state index contributed by atoms with van der Waals surface area (Å²) in [4.78, 5) is 12.2. The Kier molecular flexibility index (Phi) is 6.04. The maximum absolute atomic E-state index is 12.2. The van der Waals surface area contributed by atoms with Crippen molar-refractivity contribution in [3.05, 3.63) is 90.0 Å². The lowest BCUT2D eigenvalue weighted by atomic mass is 9.97. The van der Waals surface area contributed by atoms with Gasteiger partial charge in [0.25, 0.3) is 0 Å². The molecule has 0 bridgehead atoms. The normalized spacial score (nSPS) is 11.2. The van der Waals surface area contributed by atoms with Crippen LogP contribution in [0.3, 0.4) is 0 Å². The minimum absolute atomic E-state index is 0.0793. The van der Waals surface area contributed by atoms with Crippen molar-refractivity contribution in [2.45, 2.75) is 19.3 Å². The molecule has 4 aromatic carbocycles. The first-order valence-electron chi connectivity index (χ1n) is 10.1. The molecule has 0 atom stereocenters. The van der Waals surface area contributed by atoms with Crippen LogP contribution in [-0.2, 0) is 11.2 Å². The van der Waals surface area contributed by atoms with E-state index < -0.39 is 0 Å². The van der Waals surface area contributed by atoms with Gasteiger partial charge in [-0.2, -0.15) is 5.10 Å². The van der Waals surface area contributed by atoms with Crippen LogP contribution in [0.1, 0.15) is 24.0 Å². The fraction of sp³-hybridized carbons (Fsp3) is 0.154. The van der Waals surface area contributed by atoms with Gasteiger partial charge in [-0.15, -0.1) is 0 Å². The van der Waals surface area contributed by atoms with E-state index in [2.05, 4.69) is 40.9 Å². The molecule has 0 heterocycles. The van der Waals surface area contributed by atoms with Gasteiger partial charge in [0.1, 0.15) is 5.75 Å². The fourth-order valence-electron chi connectivity index (χ4n) is 3.66. The van der Waals surface area contributed by atoms with Crippen LogP contribution in [-0.4, -0.2) is 19.2 Å². The van der Waals surface area contributed by atoms with Crippen molar-refractivity contribution in [2.24, 2.45) is 5.10 Å². The van der Waals surface area contributed by atoms with Crippen molar-refractivity contribution in [3.63, 3.8) is 0 Å². The van der Waals surface area contributed by atoms with E-state index in [1.165, 1.54) is 5.56 Å². The summed E-state index contributed by atoms with van der Waals surface area (Å²) in [6.45, 7) is 0. The van der Waals surface area contributed by atoms with Crippen LogP contribution in [0.4, 0.5) is 0 Å². The number of rotatable bonds is 7. The number of aryl methyl sites for hydroxylation is 1. The first-order chi connectivity index (χ1) is 14.7. The standard InChI is InChI=1S/C26H24N2O2/c1-30-22-15-13-19(14-16-22)7-6-12-26(29)28-27-18-25-23-10-4-2-8-20(23)17-21-9-3-5-11-24(21)25/h2-5,8-11,13-18H,6-7,12H2,1H3,(H,28,29). The predicted octanol–water partition coefficient (Wildman–Crippen LogP) is 5.47. The minimum Gasteiger partial charge on any atom is -0.497 e. The van der Waals surface area contributed by atoms with Gasteiger partial charge in [-0.05, 0) is 58.1 Å². The number of hydrazone groups is 1. The zero-order valence-electron chi connectivity index (χ0n) is 17.0. The molecule has 4 nitrogen and oxygen atoms in total. The van der Waals surface area contributed by atoms with Crippen LogP contribution in [0.15, 0.2) is 84.0 Å². The van der Waals surface area contributed by atoms with Crippen molar-refractivity contribution >= 4 is 33.7 Å². The van der Waals surface area contributed by atoms with Gasteiger partial charge in [0.2, 0.25) is 5.91 Å². The Morgan fingerprint density at radius 2 is 1.57 bits per heavy atom. The summed E-state index contributed by atoms with van der Waals surface area (Å²) in [6.07, 6.45) is 3.80. The number of hydrogen-bond donors (Lipinski definition) is 1. The minimum atomic E-state index is -0.0793. The molecule has 30 heavy (non-hydrogen) atoms. The van der Waals surface area contributed by atoms with Crippen molar-refractivity contribution in [3.8, 4) is 5.75 Å². The first-order valence-corrected chi connectivity index (χ1v) is 10.1. The lowest BCUT2D eigenvalue weighted by Crippen LogP contribution is -2.17. The maximum atomic E-state index is 12.2. The third kappa shape index (κ3) is 4.49. The molecule has 0 saturated carbocycles. The van der Waals surface area contributed by atoms with Gasteiger partial charge in [-0.25, -0.2) is 5.43 Å². The van der Waals surface area contributed by atoms with Gasteiger partial charge < -0.3 is 4.74 Å². The predicted molar refractivity (Wildman–Crippen MR) is 123 cm³/mol. The first kappa shape index (κ1) is 19.6. The van der Waals surface area contributed by atoms with E-state index in [1.54, 1.807) is 13.3 Å². The van der Waals surface area contributed by atoms with Gasteiger partial charge in [0.15, 0.2) is 0 Å². The molecule has 1 N–H and O–H groups in total. The lowest BCUT2D eigenvalue weighted by molar-refractivity contribution is -0.121.